The topological polar surface area (TPSA) is 76.3 Å². The molecule has 0 aliphatic carbocycles. The van der Waals surface area contributed by atoms with Crippen molar-refractivity contribution < 1.29 is 5.11 Å². The lowest BCUT2D eigenvalue weighted by Gasteiger charge is -2.36. The molecule has 1 aliphatic heterocycles. The Morgan fingerprint density at radius 2 is 1.78 bits per heavy atom. The van der Waals surface area contributed by atoms with Crippen molar-refractivity contribution in [3.63, 3.8) is 0 Å². The second kappa shape index (κ2) is 8.94. The molecule has 1 atom stereocenters. The number of hydrogen-bond acceptors (Lipinski definition) is 6. The summed E-state index contributed by atoms with van der Waals surface area (Å²) in [5, 5.41) is 28.9. The molecular formula is C21H27N5O. The van der Waals surface area contributed by atoms with Gasteiger partial charge in [-0.3, -0.25) is 4.90 Å². The minimum Gasteiger partial charge on any atom is -0.387 e. The zero-order valence-electron chi connectivity index (χ0n) is 16.1. The third-order valence-electron chi connectivity index (χ3n) is 5.23. The molecule has 1 aromatic heterocycles. The Balaban J connectivity index is 1.67. The molecule has 6 heteroatoms. The Bertz CT molecular complexity index is 794. The first kappa shape index (κ1) is 19.3. The highest BCUT2D eigenvalue weighted by Gasteiger charge is 2.24. The van der Waals surface area contributed by atoms with Crippen LogP contribution in [0.1, 0.15) is 42.3 Å². The molecule has 1 fully saturated rings. The number of aryl methyl sites for hydroxylation is 1. The first-order chi connectivity index (χ1) is 13.2. The highest BCUT2D eigenvalue weighted by atomic mass is 16.3. The zero-order chi connectivity index (χ0) is 19.2. The number of piperazine rings is 1. The summed E-state index contributed by atoms with van der Waals surface area (Å²) in [5.74, 6) is 0.704. The van der Waals surface area contributed by atoms with Crippen molar-refractivity contribution in [1.29, 1.82) is 5.26 Å². The fourth-order valence-electron chi connectivity index (χ4n) is 3.67. The molecule has 1 aliphatic rings. The average molecular weight is 365 g/mol. The summed E-state index contributed by atoms with van der Waals surface area (Å²) >= 11 is 0. The van der Waals surface area contributed by atoms with Crippen LogP contribution in [0.5, 0.6) is 0 Å². The van der Waals surface area contributed by atoms with Gasteiger partial charge in [0, 0.05) is 32.7 Å². The first-order valence-corrected chi connectivity index (χ1v) is 9.66. The number of aliphatic hydroxyl groups is 1. The maximum atomic E-state index is 10.4. The fraction of sp³-hybridized carbons (Fsp3) is 0.476. The Labute approximate surface area is 161 Å². The highest BCUT2D eigenvalue weighted by molar-refractivity contribution is 5.58. The number of anilines is 1. The van der Waals surface area contributed by atoms with Gasteiger partial charge in [-0.1, -0.05) is 44.2 Å². The van der Waals surface area contributed by atoms with E-state index in [1.807, 2.05) is 37.3 Å². The van der Waals surface area contributed by atoms with Crippen LogP contribution in [0.4, 0.5) is 5.82 Å². The van der Waals surface area contributed by atoms with E-state index < -0.39 is 6.10 Å². The van der Waals surface area contributed by atoms with Crippen LogP contribution in [-0.4, -0.2) is 52.9 Å². The van der Waals surface area contributed by atoms with E-state index in [1.54, 1.807) is 0 Å². The van der Waals surface area contributed by atoms with Crippen molar-refractivity contribution >= 4 is 5.82 Å². The van der Waals surface area contributed by atoms with Crippen molar-refractivity contribution in [2.24, 2.45) is 0 Å². The summed E-state index contributed by atoms with van der Waals surface area (Å²) in [5.41, 5.74) is 3.55. The summed E-state index contributed by atoms with van der Waals surface area (Å²) < 4.78 is 0. The lowest BCUT2D eigenvalue weighted by molar-refractivity contribution is 0.109. The maximum absolute atomic E-state index is 10.4. The second-order valence-electron chi connectivity index (χ2n) is 6.86. The molecule has 142 valence electrons. The predicted octanol–water partition coefficient (Wildman–Crippen LogP) is 2.33. The molecular weight excluding hydrogens is 338 g/mol. The van der Waals surface area contributed by atoms with E-state index in [9.17, 15) is 10.4 Å². The van der Waals surface area contributed by atoms with Gasteiger partial charge in [0.25, 0.3) is 0 Å². The van der Waals surface area contributed by atoms with Gasteiger partial charge >= 0.3 is 0 Å². The summed E-state index contributed by atoms with van der Waals surface area (Å²) in [7, 11) is 0. The molecule has 3 rings (SSSR count). The van der Waals surface area contributed by atoms with Gasteiger partial charge < -0.3 is 10.0 Å². The quantitative estimate of drug-likeness (QED) is 0.847. The van der Waals surface area contributed by atoms with Gasteiger partial charge in [-0.05, 0) is 24.0 Å². The molecule has 6 nitrogen and oxygen atoms in total. The number of rotatable bonds is 6. The average Bonchev–Trinajstić information content (AvgIpc) is 2.73. The minimum atomic E-state index is -0.484. The maximum Gasteiger partial charge on any atom is 0.169 e. The molecule has 1 saturated heterocycles. The summed E-state index contributed by atoms with van der Waals surface area (Å²) in [6.07, 6.45) is 1.09. The van der Waals surface area contributed by atoms with Gasteiger partial charge in [0.15, 0.2) is 5.82 Å². The molecule has 0 saturated carbocycles. The smallest absolute Gasteiger partial charge is 0.169 e. The van der Waals surface area contributed by atoms with E-state index in [0.717, 1.165) is 55.8 Å². The van der Waals surface area contributed by atoms with Crippen LogP contribution in [-0.2, 0) is 12.8 Å². The van der Waals surface area contributed by atoms with Gasteiger partial charge in [0.1, 0.15) is 11.6 Å². The van der Waals surface area contributed by atoms with Gasteiger partial charge in [-0.15, -0.1) is 5.10 Å². The van der Waals surface area contributed by atoms with Crippen molar-refractivity contribution in [3.8, 4) is 6.07 Å². The molecule has 0 amide bonds. The third-order valence-corrected chi connectivity index (χ3v) is 5.23. The largest absolute Gasteiger partial charge is 0.387 e. The minimum absolute atomic E-state index is 0.484. The number of aromatic nitrogens is 2. The summed E-state index contributed by atoms with van der Waals surface area (Å²) in [4.78, 5) is 4.41. The van der Waals surface area contributed by atoms with Crippen LogP contribution in [0, 0.1) is 11.3 Å². The SMILES string of the molecule is CCc1nnc(N2CCN(CC(O)c3ccccc3)CC2)c(C#N)c1CC. The van der Waals surface area contributed by atoms with Crippen LogP contribution in [0.25, 0.3) is 0 Å². The number of nitrogens with zero attached hydrogens (tertiary/aromatic N) is 5. The Morgan fingerprint density at radius 3 is 2.37 bits per heavy atom. The molecule has 1 unspecified atom stereocenters. The number of aliphatic hydroxyl groups excluding tert-OH is 1. The molecule has 1 aromatic carbocycles. The fourth-order valence-corrected chi connectivity index (χ4v) is 3.67. The van der Waals surface area contributed by atoms with Crippen LogP contribution < -0.4 is 4.90 Å². The number of nitriles is 1. The Hall–Kier alpha value is -2.49. The normalized spacial score (nSPS) is 16.1. The van der Waals surface area contributed by atoms with E-state index in [1.165, 1.54) is 0 Å². The van der Waals surface area contributed by atoms with Crippen molar-refractivity contribution in [3.05, 3.63) is 52.7 Å². The number of hydrogen-bond donors (Lipinski definition) is 1. The zero-order valence-corrected chi connectivity index (χ0v) is 16.1. The van der Waals surface area contributed by atoms with E-state index >= 15 is 0 Å². The van der Waals surface area contributed by atoms with E-state index in [0.29, 0.717) is 17.9 Å². The molecule has 27 heavy (non-hydrogen) atoms. The Kier molecular flexibility index (Phi) is 6.38. The molecule has 0 radical (unpaired) electrons. The number of benzene rings is 1. The van der Waals surface area contributed by atoms with E-state index in [2.05, 4.69) is 33.0 Å². The van der Waals surface area contributed by atoms with Crippen molar-refractivity contribution in [2.75, 3.05) is 37.6 Å². The number of β-amino-alcohol motifs (C(OH)–C–C–N with tert-alkyl or cyclic N) is 1. The monoisotopic (exact) mass is 365 g/mol. The molecule has 2 heterocycles. The standard InChI is InChI=1S/C21H27N5O/c1-3-17-18(14-22)21(24-23-19(17)4-2)26-12-10-25(11-13-26)15-20(27)16-8-6-5-7-9-16/h5-9,20,27H,3-4,10-13,15H2,1-2H3. The second-order valence-corrected chi connectivity index (χ2v) is 6.86. The Morgan fingerprint density at radius 1 is 1.07 bits per heavy atom. The third kappa shape index (κ3) is 4.26. The first-order valence-electron chi connectivity index (χ1n) is 9.66. The highest BCUT2D eigenvalue weighted by Crippen LogP contribution is 2.24. The van der Waals surface area contributed by atoms with Gasteiger partial charge in [-0.25, -0.2) is 0 Å². The molecule has 0 spiro atoms. The van der Waals surface area contributed by atoms with Crippen molar-refractivity contribution in [2.45, 2.75) is 32.8 Å². The van der Waals surface area contributed by atoms with Crippen LogP contribution in [0.2, 0.25) is 0 Å². The van der Waals surface area contributed by atoms with E-state index in [4.69, 9.17) is 0 Å². The lowest BCUT2D eigenvalue weighted by atomic mass is 10.0. The van der Waals surface area contributed by atoms with Gasteiger partial charge in [0.2, 0.25) is 0 Å². The molecule has 1 N–H and O–H groups in total. The van der Waals surface area contributed by atoms with Gasteiger partial charge in [0.05, 0.1) is 11.8 Å². The van der Waals surface area contributed by atoms with Crippen LogP contribution in [0.15, 0.2) is 30.3 Å². The van der Waals surface area contributed by atoms with E-state index in [-0.39, 0.29) is 0 Å². The van der Waals surface area contributed by atoms with Crippen molar-refractivity contribution in [1.82, 2.24) is 15.1 Å². The van der Waals surface area contributed by atoms with Gasteiger partial charge in [-0.2, -0.15) is 10.4 Å². The predicted molar refractivity (Wildman–Crippen MR) is 106 cm³/mol. The molecule has 0 bridgehead atoms. The summed E-state index contributed by atoms with van der Waals surface area (Å²) in [6, 6.07) is 12.1. The summed E-state index contributed by atoms with van der Waals surface area (Å²) in [6.45, 7) is 7.92. The van der Waals surface area contributed by atoms with Crippen LogP contribution in [0.3, 0.4) is 0 Å². The van der Waals surface area contributed by atoms with Crippen LogP contribution >= 0.6 is 0 Å². The molecule has 2 aromatic rings. The lowest BCUT2D eigenvalue weighted by Crippen LogP contribution is -2.48.